The van der Waals surface area contributed by atoms with Crippen LogP contribution in [0.2, 0.25) is 0 Å². The summed E-state index contributed by atoms with van der Waals surface area (Å²) in [6.07, 6.45) is 1.92. The lowest BCUT2D eigenvalue weighted by atomic mass is 10.3. The Labute approximate surface area is 119 Å². The number of aliphatic imine (C=N–C) groups is 1. The standard InChI is InChI=1S/C15H23N5/c1-4-11(2)18-15(16-3)17-10-9-14-19-12-7-5-6-8-13(12)20-14/h5-8,11H,4,9-10H2,1-3H3,(H,19,20)(H2,16,17,18). The van der Waals surface area contributed by atoms with Crippen LogP contribution < -0.4 is 10.6 Å². The fourth-order valence-corrected chi connectivity index (χ4v) is 1.95. The van der Waals surface area contributed by atoms with Gasteiger partial charge >= 0.3 is 0 Å². The van der Waals surface area contributed by atoms with Crippen LogP contribution in [-0.2, 0) is 6.42 Å². The lowest BCUT2D eigenvalue weighted by Gasteiger charge is -2.15. The third kappa shape index (κ3) is 3.73. The number of nitrogens with one attached hydrogen (secondary N) is 3. The molecule has 0 radical (unpaired) electrons. The number of hydrogen-bond acceptors (Lipinski definition) is 2. The number of H-pyrrole nitrogens is 1. The van der Waals surface area contributed by atoms with Crippen molar-refractivity contribution in [3.63, 3.8) is 0 Å². The molecule has 0 fully saturated rings. The van der Waals surface area contributed by atoms with E-state index in [1.165, 1.54) is 0 Å². The first-order valence-corrected chi connectivity index (χ1v) is 7.13. The van der Waals surface area contributed by atoms with Crippen LogP contribution in [0.15, 0.2) is 29.3 Å². The highest BCUT2D eigenvalue weighted by atomic mass is 15.2. The van der Waals surface area contributed by atoms with Crippen molar-refractivity contribution in [2.24, 2.45) is 4.99 Å². The van der Waals surface area contributed by atoms with Crippen molar-refractivity contribution in [2.45, 2.75) is 32.7 Å². The van der Waals surface area contributed by atoms with Gasteiger partial charge in [0.25, 0.3) is 0 Å². The molecule has 2 rings (SSSR count). The molecule has 0 amide bonds. The van der Waals surface area contributed by atoms with E-state index in [1.807, 2.05) is 24.3 Å². The molecule has 2 aromatic rings. The summed E-state index contributed by atoms with van der Waals surface area (Å²) in [5.74, 6) is 1.84. The summed E-state index contributed by atoms with van der Waals surface area (Å²) in [6, 6.07) is 8.51. The third-order valence-corrected chi connectivity index (χ3v) is 3.31. The van der Waals surface area contributed by atoms with Gasteiger partial charge in [-0.1, -0.05) is 19.1 Å². The Kier molecular flexibility index (Phi) is 4.98. The number of hydrogen-bond donors (Lipinski definition) is 3. The highest BCUT2D eigenvalue weighted by molar-refractivity contribution is 5.80. The van der Waals surface area contributed by atoms with Gasteiger partial charge in [-0.25, -0.2) is 4.98 Å². The molecule has 1 heterocycles. The van der Waals surface area contributed by atoms with Gasteiger partial charge < -0.3 is 15.6 Å². The fourth-order valence-electron chi connectivity index (χ4n) is 1.95. The van der Waals surface area contributed by atoms with Gasteiger partial charge in [-0.2, -0.15) is 0 Å². The Morgan fingerprint density at radius 2 is 2.20 bits per heavy atom. The average Bonchev–Trinajstić information content (AvgIpc) is 2.88. The van der Waals surface area contributed by atoms with E-state index in [0.717, 1.165) is 42.2 Å². The molecule has 1 unspecified atom stereocenters. The van der Waals surface area contributed by atoms with Crippen molar-refractivity contribution in [3.05, 3.63) is 30.1 Å². The zero-order valence-corrected chi connectivity index (χ0v) is 12.4. The topological polar surface area (TPSA) is 65.1 Å². The Morgan fingerprint density at radius 1 is 1.40 bits per heavy atom. The number of guanidine groups is 1. The molecule has 1 atom stereocenters. The van der Waals surface area contributed by atoms with E-state index in [4.69, 9.17) is 0 Å². The minimum absolute atomic E-state index is 0.424. The summed E-state index contributed by atoms with van der Waals surface area (Å²) < 4.78 is 0. The monoisotopic (exact) mass is 273 g/mol. The highest BCUT2D eigenvalue weighted by Crippen LogP contribution is 2.10. The summed E-state index contributed by atoms with van der Waals surface area (Å²) >= 11 is 0. The first-order valence-electron chi connectivity index (χ1n) is 7.13. The molecule has 1 aromatic heterocycles. The van der Waals surface area contributed by atoms with Gasteiger partial charge in [0, 0.05) is 26.1 Å². The van der Waals surface area contributed by atoms with E-state index in [1.54, 1.807) is 7.05 Å². The predicted octanol–water partition coefficient (Wildman–Crippen LogP) is 2.07. The number of fused-ring (bicyclic) bond motifs is 1. The summed E-state index contributed by atoms with van der Waals surface area (Å²) in [4.78, 5) is 12.1. The van der Waals surface area contributed by atoms with Crippen molar-refractivity contribution < 1.29 is 0 Å². The van der Waals surface area contributed by atoms with Crippen LogP contribution in [0.25, 0.3) is 11.0 Å². The van der Waals surface area contributed by atoms with E-state index in [9.17, 15) is 0 Å². The molecule has 5 heteroatoms. The number of rotatable bonds is 5. The molecule has 0 saturated carbocycles. The number of benzene rings is 1. The van der Waals surface area contributed by atoms with Crippen LogP contribution >= 0.6 is 0 Å². The summed E-state index contributed by atoms with van der Waals surface area (Å²) in [5, 5.41) is 6.64. The molecule has 0 aliphatic heterocycles. The molecule has 5 nitrogen and oxygen atoms in total. The van der Waals surface area contributed by atoms with Gasteiger partial charge in [0.2, 0.25) is 0 Å². The molecule has 0 aliphatic rings. The Bertz CT molecular complexity index is 539. The SMILES string of the molecule is CCC(C)NC(=NC)NCCc1nc2ccccc2[nH]1. The van der Waals surface area contributed by atoms with E-state index in [-0.39, 0.29) is 0 Å². The maximum Gasteiger partial charge on any atom is 0.191 e. The summed E-state index contributed by atoms with van der Waals surface area (Å²) in [7, 11) is 1.79. The van der Waals surface area contributed by atoms with Crippen LogP contribution in [-0.4, -0.2) is 35.6 Å². The number of aromatic nitrogens is 2. The number of aromatic amines is 1. The smallest absolute Gasteiger partial charge is 0.191 e. The van der Waals surface area contributed by atoms with Crippen molar-refractivity contribution >= 4 is 17.0 Å². The second-order valence-corrected chi connectivity index (χ2v) is 4.90. The molecule has 0 spiro atoms. The number of imidazole rings is 1. The molecule has 3 N–H and O–H groups in total. The highest BCUT2D eigenvalue weighted by Gasteiger charge is 2.04. The molecule has 1 aromatic carbocycles. The fraction of sp³-hybridized carbons (Fsp3) is 0.467. The van der Waals surface area contributed by atoms with Crippen molar-refractivity contribution in [3.8, 4) is 0 Å². The summed E-state index contributed by atoms with van der Waals surface area (Å²) in [6.45, 7) is 5.10. The molecular weight excluding hydrogens is 250 g/mol. The van der Waals surface area contributed by atoms with Crippen molar-refractivity contribution in [1.82, 2.24) is 20.6 Å². The molecule has 0 bridgehead atoms. The second-order valence-electron chi connectivity index (χ2n) is 4.90. The van der Waals surface area contributed by atoms with E-state index < -0.39 is 0 Å². The van der Waals surface area contributed by atoms with Gasteiger partial charge in [0.15, 0.2) is 5.96 Å². The summed E-state index contributed by atoms with van der Waals surface area (Å²) in [5.41, 5.74) is 2.11. The Balaban J connectivity index is 1.85. The normalized spacial score (nSPS) is 13.4. The minimum atomic E-state index is 0.424. The zero-order chi connectivity index (χ0) is 14.4. The van der Waals surface area contributed by atoms with E-state index in [0.29, 0.717) is 6.04 Å². The van der Waals surface area contributed by atoms with Gasteiger partial charge in [-0.15, -0.1) is 0 Å². The first kappa shape index (κ1) is 14.4. The number of nitrogens with zero attached hydrogens (tertiary/aromatic N) is 2. The van der Waals surface area contributed by atoms with E-state index in [2.05, 4.69) is 39.4 Å². The first-order chi connectivity index (χ1) is 9.72. The average molecular weight is 273 g/mol. The largest absolute Gasteiger partial charge is 0.356 e. The van der Waals surface area contributed by atoms with Crippen LogP contribution in [0.3, 0.4) is 0 Å². The Hall–Kier alpha value is -2.04. The molecule has 20 heavy (non-hydrogen) atoms. The molecular formula is C15H23N5. The van der Waals surface area contributed by atoms with Crippen molar-refractivity contribution in [1.29, 1.82) is 0 Å². The molecule has 0 aliphatic carbocycles. The van der Waals surface area contributed by atoms with Crippen LogP contribution in [0.5, 0.6) is 0 Å². The lowest BCUT2D eigenvalue weighted by Crippen LogP contribution is -2.42. The van der Waals surface area contributed by atoms with Crippen molar-refractivity contribution in [2.75, 3.05) is 13.6 Å². The maximum atomic E-state index is 4.56. The minimum Gasteiger partial charge on any atom is -0.356 e. The van der Waals surface area contributed by atoms with Gasteiger partial charge in [-0.3, -0.25) is 4.99 Å². The lowest BCUT2D eigenvalue weighted by molar-refractivity contribution is 0.623. The zero-order valence-electron chi connectivity index (χ0n) is 12.4. The predicted molar refractivity (Wildman–Crippen MR) is 84.0 cm³/mol. The second kappa shape index (κ2) is 6.93. The van der Waals surface area contributed by atoms with Crippen LogP contribution in [0.1, 0.15) is 26.1 Å². The third-order valence-electron chi connectivity index (χ3n) is 3.31. The molecule has 0 saturated heterocycles. The maximum absolute atomic E-state index is 4.56. The number of para-hydroxylation sites is 2. The van der Waals surface area contributed by atoms with Crippen LogP contribution in [0, 0.1) is 0 Å². The van der Waals surface area contributed by atoms with Crippen LogP contribution in [0.4, 0.5) is 0 Å². The van der Waals surface area contributed by atoms with E-state index >= 15 is 0 Å². The molecule has 108 valence electrons. The van der Waals surface area contributed by atoms with Gasteiger partial charge in [0.05, 0.1) is 11.0 Å². The quantitative estimate of drug-likeness (QED) is 0.577. The Morgan fingerprint density at radius 3 is 2.90 bits per heavy atom. The van der Waals surface area contributed by atoms with Gasteiger partial charge in [0.1, 0.15) is 5.82 Å². The van der Waals surface area contributed by atoms with Gasteiger partial charge in [-0.05, 0) is 25.5 Å².